The molecule has 0 saturated heterocycles. The topological polar surface area (TPSA) is 85.0 Å². The van der Waals surface area contributed by atoms with Crippen molar-refractivity contribution in [2.45, 2.75) is 12.5 Å². The van der Waals surface area contributed by atoms with E-state index in [2.05, 4.69) is 9.84 Å². The molecule has 1 aromatic rings. The molecule has 1 aliphatic heterocycles. The Morgan fingerprint density at radius 3 is 2.74 bits per heavy atom. The zero-order valence-corrected chi connectivity index (χ0v) is 10.4. The molecule has 0 aromatic heterocycles. The molecule has 7 nitrogen and oxygen atoms in total. The first-order valence-corrected chi connectivity index (χ1v) is 5.76. The van der Waals surface area contributed by atoms with E-state index < -0.39 is 16.9 Å². The fourth-order valence-corrected chi connectivity index (χ4v) is 1.90. The first-order valence-electron chi connectivity index (χ1n) is 5.76. The lowest BCUT2D eigenvalue weighted by atomic mass is 10.1. The number of nitrogens with zero attached hydrogens (tertiary/aromatic N) is 3. The molecule has 0 fully saturated rings. The van der Waals surface area contributed by atoms with Crippen LogP contribution in [0.5, 0.6) is 0 Å². The second kappa shape index (κ2) is 5.47. The molecule has 100 valence electrons. The molecule has 19 heavy (non-hydrogen) atoms. The van der Waals surface area contributed by atoms with Gasteiger partial charge in [-0.2, -0.15) is 5.10 Å². The highest BCUT2D eigenvalue weighted by atomic mass is 16.6. The third kappa shape index (κ3) is 2.70. The van der Waals surface area contributed by atoms with Gasteiger partial charge in [0.15, 0.2) is 0 Å². The molecule has 0 amide bonds. The SMILES string of the molecule is COC(=O)C1=NN(c2ccccc2)CCC1[N+](=O)[O-]. The number of hydrogen-bond acceptors (Lipinski definition) is 6. The second-order valence-corrected chi connectivity index (χ2v) is 4.03. The largest absolute Gasteiger partial charge is 0.464 e. The number of esters is 1. The fraction of sp³-hybridized carbons (Fsp3) is 0.333. The van der Waals surface area contributed by atoms with Gasteiger partial charge in [0, 0.05) is 17.9 Å². The average Bonchev–Trinajstić information content (AvgIpc) is 2.46. The van der Waals surface area contributed by atoms with Gasteiger partial charge in [0.1, 0.15) is 0 Å². The molecule has 0 bridgehead atoms. The number of hydrogen-bond donors (Lipinski definition) is 0. The quantitative estimate of drug-likeness (QED) is 0.462. The van der Waals surface area contributed by atoms with Gasteiger partial charge in [-0.1, -0.05) is 18.2 Å². The van der Waals surface area contributed by atoms with Crippen molar-refractivity contribution in [3.63, 3.8) is 0 Å². The molecule has 1 aliphatic rings. The minimum Gasteiger partial charge on any atom is -0.464 e. The number of anilines is 1. The molecule has 1 unspecified atom stereocenters. The first kappa shape index (κ1) is 13.0. The summed E-state index contributed by atoms with van der Waals surface area (Å²) in [6.07, 6.45) is 0.218. The van der Waals surface area contributed by atoms with Crippen molar-refractivity contribution in [2.75, 3.05) is 18.7 Å². The highest BCUT2D eigenvalue weighted by Gasteiger charge is 2.38. The van der Waals surface area contributed by atoms with Crippen LogP contribution in [0.4, 0.5) is 5.69 Å². The van der Waals surface area contributed by atoms with E-state index in [1.54, 1.807) is 5.01 Å². The molecule has 7 heteroatoms. The molecular formula is C12H13N3O4. The zero-order valence-electron chi connectivity index (χ0n) is 10.4. The van der Waals surface area contributed by atoms with Crippen molar-refractivity contribution >= 4 is 17.4 Å². The minimum atomic E-state index is -1.10. The van der Waals surface area contributed by atoms with Crippen LogP contribution in [-0.4, -0.2) is 36.3 Å². The summed E-state index contributed by atoms with van der Waals surface area (Å²) in [6.45, 7) is 0.385. The van der Waals surface area contributed by atoms with Gasteiger partial charge in [-0.05, 0) is 12.1 Å². The van der Waals surface area contributed by atoms with Gasteiger partial charge >= 0.3 is 5.97 Å². The van der Waals surface area contributed by atoms with Crippen molar-refractivity contribution in [3.8, 4) is 0 Å². The van der Waals surface area contributed by atoms with Crippen molar-refractivity contribution in [2.24, 2.45) is 5.10 Å². The van der Waals surface area contributed by atoms with Crippen LogP contribution in [-0.2, 0) is 9.53 Å². The Balaban J connectivity index is 2.33. The van der Waals surface area contributed by atoms with Crippen LogP contribution in [0, 0.1) is 10.1 Å². The van der Waals surface area contributed by atoms with Crippen LogP contribution < -0.4 is 5.01 Å². The predicted octanol–water partition coefficient (Wildman–Crippen LogP) is 1.07. The monoisotopic (exact) mass is 263 g/mol. The third-order valence-electron chi connectivity index (χ3n) is 2.86. The van der Waals surface area contributed by atoms with E-state index in [4.69, 9.17) is 0 Å². The van der Waals surface area contributed by atoms with Gasteiger partial charge < -0.3 is 4.74 Å². The number of methoxy groups -OCH3 is 1. The lowest BCUT2D eigenvalue weighted by molar-refractivity contribution is -0.503. The van der Waals surface area contributed by atoms with Crippen LogP contribution >= 0.6 is 0 Å². The molecular weight excluding hydrogens is 250 g/mol. The maximum Gasteiger partial charge on any atom is 0.361 e. The molecule has 2 rings (SSSR count). The van der Waals surface area contributed by atoms with E-state index in [0.717, 1.165) is 5.69 Å². The van der Waals surface area contributed by atoms with Gasteiger partial charge in [0.25, 0.3) is 6.04 Å². The maximum absolute atomic E-state index is 11.6. The van der Waals surface area contributed by atoms with E-state index in [1.165, 1.54) is 7.11 Å². The van der Waals surface area contributed by atoms with Crippen molar-refractivity contribution < 1.29 is 14.5 Å². The van der Waals surface area contributed by atoms with E-state index in [0.29, 0.717) is 6.54 Å². The van der Waals surface area contributed by atoms with Crippen LogP contribution in [0.2, 0.25) is 0 Å². The standard InChI is InChI=1S/C12H13N3O4/c1-19-12(16)11-10(15(17)18)7-8-14(13-11)9-5-3-2-4-6-9/h2-6,10H,7-8H2,1H3. The third-order valence-corrected chi connectivity index (χ3v) is 2.86. The summed E-state index contributed by atoms with van der Waals surface area (Å²) in [4.78, 5) is 22.0. The molecule has 0 radical (unpaired) electrons. The van der Waals surface area contributed by atoms with Gasteiger partial charge in [-0.15, -0.1) is 0 Å². The Morgan fingerprint density at radius 1 is 1.47 bits per heavy atom. The Labute approximate surface area is 109 Å². The predicted molar refractivity (Wildman–Crippen MR) is 68.6 cm³/mol. The van der Waals surface area contributed by atoms with Crippen molar-refractivity contribution in [3.05, 3.63) is 40.4 Å². The lowest BCUT2D eigenvalue weighted by Gasteiger charge is -2.25. The smallest absolute Gasteiger partial charge is 0.361 e. The summed E-state index contributed by atoms with van der Waals surface area (Å²) < 4.78 is 4.55. The summed E-state index contributed by atoms with van der Waals surface area (Å²) >= 11 is 0. The second-order valence-electron chi connectivity index (χ2n) is 4.03. The molecule has 0 saturated carbocycles. The summed E-state index contributed by atoms with van der Waals surface area (Å²) in [5.41, 5.74) is 0.619. The highest BCUT2D eigenvalue weighted by molar-refractivity contribution is 6.38. The summed E-state index contributed by atoms with van der Waals surface area (Å²) in [7, 11) is 1.18. The van der Waals surface area contributed by atoms with Crippen molar-refractivity contribution in [1.82, 2.24) is 0 Å². The number of rotatable bonds is 3. The number of carbonyl (C=O) groups excluding carboxylic acids is 1. The van der Waals surface area contributed by atoms with E-state index >= 15 is 0 Å². The number of ether oxygens (including phenoxy) is 1. The normalized spacial score (nSPS) is 18.7. The number of para-hydroxylation sites is 1. The lowest BCUT2D eigenvalue weighted by Crippen LogP contribution is -2.44. The Bertz CT molecular complexity index is 515. The van der Waals surface area contributed by atoms with E-state index in [9.17, 15) is 14.9 Å². The summed E-state index contributed by atoms with van der Waals surface area (Å²) in [5.74, 6) is -0.762. The maximum atomic E-state index is 11.6. The Kier molecular flexibility index (Phi) is 3.74. The summed E-state index contributed by atoms with van der Waals surface area (Å²) in [5, 5.41) is 16.6. The first-order chi connectivity index (χ1) is 9.13. The van der Waals surface area contributed by atoms with Crippen molar-refractivity contribution in [1.29, 1.82) is 0 Å². The van der Waals surface area contributed by atoms with Gasteiger partial charge in [-0.25, -0.2) is 4.79 Å². The molecule has 1 aromatic carbocycles. The number of benzene rings is 1. The van der Waals surface area contributed by atoms with E-state index in [1.807, 2.05) is 30.3 Å². The minimum absolute atomic E-state index is 0.164. The Morgan fingerprint density at radius 2 is 2.16 bits per heavy atom. The van der Waals surface area contributed by atoms with E-state index in [-0.39, 0.29) is 12.1 Å². The van der Waals surface area contributed by atoms with Crippen LogP contribution in [0.15, 0.2) is 35.4 Å². The number of nitro groups is 1. The Hall–Kier alpha value is -2.44. The average molecular weight is 263 g/mol. The van der Waals surface area contributed by atoms with Crippen LogP contribution in [0.3, 0.4) is 0 Å². The molecule has 0 aliphatic carbocycles. The summed E-state index contributed by atoms with van der Waals surface area (Å²) in [6, 6.07) is 8.07. The highest BCUT2D eigenvalue weighted by Crippen LogP contribution is 2.20. The van der Waals surface area contributed by atoms with Crippen LogP contribution in [0.25, 0.3) is 0 Å². The molecule has 0 spiro atoms. The molecule has 1 atom stereocenters. The van der Waals surface area contributed by atoms with Gasteiger partial charge in [0.05, 0.1) is 12.8 Å². The number of carbonyl (C=O) groups is 1. The van der Waals surface area contributed by atoms with Gasteiger partial charge in [-0.3, -0.25) is 15.1 Å². The van der Waals surface area contributed by atoms with Crippen LogP contribution in [0.1, 0.15) is 6.42 Å². The molecule has 0 N–H and O–H groups in total. The van der Waals surface area contributed by atoms with Gasteiger partial charge in [0.2, 0.25) is 5.71 Å². The zero-order chi connectivity index (χ0) is 13.8. The fourth-order valence-electron chi connectivity index (χ4n) is 1.90. The number of hydrazone groups is 1. The molecule has 1 heterocycles.